The van der Waals surface area contributed by atoms with Gasteiger partial charge in [-0.3, -0.25) is 4.79 Å². The van der Waals surface area contributed by atoms with Gasteiger partial charge in [0.15, 0.2) is 5.78 Å². The van der Waals surface area contributed by atoms with Crippen LogP contribution in [0.15, 0.2) is 101 Å². The number of sulfonamides is 1. The third kappa shape index (κ3) is 3.89. The number of rotatable bonds is 6. The van der Waals surface area contributed by atoms with Gasteiger partial charge in [-0.1, -0.05) is 60.7 Å². The summed E-state index contributed by atoms with van der Waals surface area (Å²) in [4.78, 5) is 13.5. The first-order valence-corrected chi connectivity index (χ1v) is 11.6. The van der Waals surface area contributed by atoms with Crippen molar-refractivity contribution in [3.05, 3.63) is 107 Å². The molecule has 0 radical (unpaired) electrons. The zero-order valence-corrected chi connectivity index (χ0v) is 18.6. The van der Waals surface area contributed by atoms with Crippen LogP contribution >= 0.6 is 0 Å². The normalized spacial score (nSPS) is 18.7. The summed E-state index contributed by atoms with van der Waals surface area (Å²) in [7, 11) is -2.70. The highest BCUT2D eigenvalue weighted by Gasteiger charge is 2.50. The topological polar surface area (TPSA) is 113 Å². The Morgan fingerprint density at radius 3 is 2.09 bits per heavy atom. The van der Waals surface area contributed by atoms with Crippen molar-refractivity contribution in [2.75, 3.05) is 7.11 Å². The minimum Gasteiger partial charge on any atom is -0.497 e. The summed E-state index contributed by atoms with van der Waals surface area (Å²) >= 11 is 0. The highest BCUT2D eigenvalue weighted by atomic mass is 32.2. The van der Waals surface area contributed by atoms with Crippen LogP contribution in [-0.2, 0) is 10.0 Å². The van der Waals surface area contributed by atoms with Gasteiger partial charge in [0.25, 0.3) is 0 Å². The third-order valence-electron chi connectivity index (χ3n) is 5.57. The zero-order chi connectivity index (χ0) is 23.6. The van der Waals surface area contributed by atoms with Crippen LogP contribution in [0.1, 0.15) is 22.0 Å². The first-order chi connectivity index (χ1) is 15.9. The number of carbonyl (C=O) groups excluding carboxylic acids is 1. The number of nitriles is 1. The standard InChI is InChI=1S/C25H21N3O4S/c1-32-19-14-12-17(13-15-19)23-21(16-26)22(27)24(25(29)18-8-4-2-5-9-18)28(23)33(30,31)20-10-6-3-7-11-20/h2-15,23-24H,27H2,1H3/t23-,24+/m0/s1. The number of nitrogens with zero attached hydrogens (tertiary/aromatic N) is 2. The van der Waals surface area contributed by atoms with Crippen molar-refractivity contribution in [3.63, 3.8) is 0 Å². The Labute approximate surface area is 192 Å². The largest absolute Gasteiger partial charge is 0.497 e. The number of Topliss-reactive ketones (excluding diaryl/α,β-unsaturated/α-hetero) is 1. The van der Waals surface area contributed by atoms with Crippen molar-refractivity contribution in [2.45, 2.75) is 17.0 Å². The molecule has 33 heavy (non-hydrogen) atoms. The van der Waals surface area contributed by atoms with E-state index >= 15 is 0 Å². The maximum Gasteiger partial charge on any atom is 0.245 e. The Morgan fingerprint density at radius 2 is 1.55 bits per heavy atom. The number of ether oxygens (including phenoxy) is 1. The van der Waals surface area contributed by atoms with E-state index in [1.54, 1.807) is 72.8 Å². The summed E-state index contributed by atoms with van der Waals surface area (Å²) < 4.78 is 34.0. The average Bonchev–Trinajstić information content (AvgIpc) is 3.17. The number of ketones is 1. The van der Waals surface area contributed by atoms with Crippen LogP contribution < -0.4 is 10.5 Å². The third-order valence-corrected chi connectivity index (χ3v) is 7.41. The minimum atomic E-state index is -4.22. The highest BCUT2D eigenvalue weighted by molar-refractivity contribution is 7.89. The number of carbonyl (C=O) groups is 1. The highest BCUT2D eigenvalue weighted by Crippen LogP contribution is 2.44. The molecular formula is C25H21N3O4S. The lowest BCUT2D eigenvalue weighted by Gasteiger charge is -2.30. The number of methoxy groups -OCH3 is 1. The second-order valence-electron chi connectivity index (χ2n) is 7.44. The van der Waals surface area contributed by atoms with Gasteiger partial charge in [0.05, 0.1) is 35.4 Å². The van der Waals surface area contributed by atoms with Crippen molar-refractivity contribution in [1.82, 2.24) is 4.31 Å². The van der Waals surface area contributed by atoms with Crippen molar-refractivity contribution in [2.24, 2.45) is 5.73 Å². The molecule has 2 N–H and O–H groups in total. The molecule has 0 saturated heterocycles. The zero-order valence-electron chi connectivity index (χ0n) is 17.8. The van der Waals surface area contributed by atoms with Gasteiger partial charge in [-0.2, -0.15) is 9.57 Å². The summed E-state index contributed by atoms with van der Waals surface area (Å²) in [5.74, 6) is 0.0675. The molecule has 1 aliphatic rings. The quantitative estimate of drug-likeness (QED) is 0.565. The molecular weight excluding hydrogens is 438 g/mol. The molecule has 2 atom stereocenters. The second-order valence-corrected chi connectivity index (χ2v) is 9.28. The van der Waals surface area contributed by atoms with Gasteiger partial charge in [-0.15, -0.1) is 0 Å². The van der Waals surface area contributed by atoms with Gasteiger partial charge in [-0.05, 0) is 29.8 Å². The van der Waals surface area contributed by atoms with E-state index in [1.807, 2.05) is 6.07 Å². The molecule has 0 unspecified atom stereocenters. The molecule has 0 aromatic heterocycles. The molecule has 0 aliphatic carbocycles. The van der Waals surface area contributed by atoms with Gasteiger partial charge < -0.3 is 10.5 Å². The monoisotopic (exact) mass is 459 g/mol. The summed E-state index contributed by atoms with van der Waals surface area (Å²) in [6, 6.07) is 22.4. The van der Waals surface area contributed by atoms with Crippen LogP contribution in [0.5, 0.6) is 5.75 Å². The van der Waals surface area contributed by atoms with Crippen molar-refractivity contribution in [1.29, 1.82) is 5.26 Å². The number of hydrogen-bond donors (Lipinski definition) is 1. The lowest BCUT2D eigenvalue weighted by Crippen LogP contribution is -2.45. The number of nitrogens with two attached hydrogens (primary N) is 1. The molecule has 8 heteroatoms. The van der Waals surface area contributed by atoms with Gasteiger partial charge >= 0.3 is 0 Å². The van der Waals surface area contributed by atoms with Crippen molar-refractivity contribution >= 4 is 15.8 Å². The van der Waals surface area contributed by atoms with E-state index in [0.29, 0.717) is 16.9 Å². The van der Waals surface area contributed by atoms with E-state index in [2.05, 4.69) is 0 Å². The predicted molar refractivity (Wildman–Crippen MR) is 123 cm³/mol. The Balaban J connectivity index is 1.94. The second kappa shape index (κ2) is 8.90. The van der Waals surface area contributed by atoms with E-state index in [0.717, 1.165) is 4.31 Å². The van der Waals surface area contributed by atoms with E-state index < -0.39 is 27.9 Å². The molecule has 1 heterocycles. The Bertz CT molecular complexity index is 1350. The number of benzene rings is 3. The van der Waals surface area contributed by atoms with E-state index in [-0.39, 0.29) is 16.2 Å². The van der Waals surface area contributed by atoms with Crippen molar-refractivity contribution < 1.29 is 17.9 Å². The molecule has 3 aromatic carbocycles. The summed E-state index contributed by atoms with van der Waals surface area (Å²) in [6.45, 7) is 0. The molecule has 0 saturated carbocycles. The fourth-order valence-corrected chi connectivity index (χ4v) is 5.69. The van der Waals surface area contributed by atoms with Crippen molar-refractivity contribution in [3.8, 4) is 11.8 Å². The van der Waals surface area contributed by atoms with E-state index in [4.69, 9.17) is 10.5 Å². The van der Waals surface area contributed by atoms with Gasteiger partial charge in [0.1, 0.15) is 11.8 Å². The average molecular weight is 460 g/mol. The molecule has 7 nitrogen and oxygen atoms in total. The summed E-state index contributed by atoms with van der Waals surface area (Å²) in [6.07, 6.45) is 0. The van der Waals surface area contributed by atoms with Crippen LogP contribution in [-0.4, -0.2) is 31.7 Å². The first-order valence-electron chi connectivity index (χ1n) is 10.1. The van der Waals surface area contributed by atoms with Crippen LogP contribution in [0.2, 0.25) is 0 Å². The molecule has 4 rings (SSSR count). The fourth-order valence-electron chi connectivity index (χ4n) is 3.95. The number of hydrogen-bond acceptors (Lipinski definition) is 6. The smallest absolute Gasteiger partial charge is 0.245 e. The van der Waals surface area contributed by atoms with Crippen LogP contribution in [0.25, 0.3) is 0 Å². The maximum absolute atomic E-state index is 13.9. The lowest BCUT2D eigenvalue weighted by atomic mass is 10.00. The Kier molecular flexibility index (Phi) is 6.01. The maximum atomic E-state index is 13.9. The first kappa shape index (κ1) is 22.3. The van der Waals surface area contributed by atoms with Crippen LogP contribution in [0, 0.1) is 11.3 Å². The van der Waals surface area contributed by atoms with Crippen LogP contribution in [0.4, 0.5) is 0 Å². The Morgan fingerprint density at radius 1 is 0.970 bits per heavy atom. The van der Waals surface area contributed by atoms with E-state index in [1.165, 1.54) is 19.2 Å². The van der Waals surface area contributed by atoms with E-state index in [9.17, 15) is 18.5 Å². The molecule has 3 aromatic rings. The SMILES string of the molecule is COc1ccc([C@H]2C(C#N)=C(N)[C@H](C(=O)c3ccccc3)N2S(=O)(=O)c2ccccc2)cc1. The lowest BCUT2D eigenvalue weighted by molar-refractivity contribution is 0.0918. The van der Waals surface area contributed by atoms with Gasteiger partial charge in [0.2, 0.25) is 10.0 Å². The van der Waals surface area contributed by atoms with Crippen LogP contribution in [0.3, 0.4) is 0 Å². The van der Waals surface area contributed by atoms with Gasteiger partial charge in [-0.25, -0.2) is 8.42 Å². The predicted octanol–water partition coefficient (Wildman–Crippen LogP) is 3.43. The summed E-state index contributed by atoms with van der Waals surface area (Å²) in [5.41, 5.74) is 7.07. The van der Waals surface area contributed by atoms with Gasteiger partial charge in [0, 0.05) is 5.56 Å². The minimum absolute atomic E-state index is 0.00126. The summed E-state index contributed by atoms with van der Waals surface area (Å²) in [5, 5.41) is 9.95. The Hall–Kier alpha value is -3.93. The molecule has 0 spiro atoms. The molecule has 0 amide bonds. The molecule has 0 bridgehead atoms. The fraction of sp³-hybridized carbons (Fsp3) is 0.120. The molecule has 1 aliphatic heterocycles. The molecule has 166 valence electrons. The molecule has 0 fully saturated rings.